The van der Waals surface area contributed by atoms with Crippen molar-refractivity contribution >= 4 is 11.3 Å². The Balaban J connectivity index is 2.32. The fraction of sp³-hybridized carbons (Fsp3) is 0.700. The molecule has 1 aromatic heterocycles. The van der Waals surface area contributed by atoms with Gasteiger partial charge in [-0.05, 0) is 0 Å². The number of hydrogen-bond donors (Lipinski definition) is 1. The van der Waals surface area contributed by atoms with Crippen LogP contribution in [0, 0.1) is 0 Å². The maximum atomic E-state index is 5.73. The van der Waals surface area contributed by atoms with Gasteiger partial charge in [0.25, 0.3) is 0 Å². The van der Waals surface area contributed by atoms with E-state index in [0.717, 1.165) is 24.6 Å². The van der Waals surface area contributed by atoms with Crippen molar-refractivity contribution in [2.45, 2.75) is 32.3 Å². The maximum Gasteiger partial charge on any atom is 0.100 e. The van der Waals surface area contributed by atoms with Crippen LogP contribution < -0.4 is 5.73 Å². The minimum Gasteiger partial charge on any atom is -0.375 e. The molecule has 0 atom stereocenters. The molecule has 0 spiro atoms. The van der Waals surface area contributed by atoms with Crippen LogP contribution in [0.25, 0.3) is 0 Å². The maximum absolute atomic E-state index is 5.73. The van der Waals surface area contributed by atoms with Gasteiger partial charge in [-0.3, -0.25) is 0 Å². The summed E-state index contributed by atoms with van der Waals surface area (Å²) in [6, 6.07) is 0. The smallest absolute Gasteiger partial charge is 0.100 e. The van der Waals surface area contributed by atoms with E-state index in [1.54, 1.807) is 11.3 Å². The molecule has 0 aromatic carbocycles. The Morgan fingerprint density at radius 3 is 3.00 bits per heavy atom. The number of nitrogens with two attached hydrogens (primary N) is 1. The molecule has 0 saturated heterocycles. The molecule has 78 valence electrons. The molecule has 0 radical (unpaired) electrons. The van der Waals surface area contributed by atoms with Crippen LogP contribution in [-0.4, -0.2) is 18.1 Å². The Morgan fingerprint density at radius 1 is 1.57 bits per heavy atom. The number of nitrogens with zero attached hydrogens (tertiary/aromatic N) is 1. The van der Waals surface area contributed by atoms with Crippen molar-refractivity contribution < 1.29 is 4.74 Å². The van der Waals surface area contributed by atoms with Gasteiger partial charge in [0.2, 0.25) is 0 Å². The van der Waals surface area contributed by atoms with Crippen LogP contribution in [0.5, 0.6) is 0 Å². The molecule has 2 rings (SSSR count). The molecule has 0 saturated carbocycles. The molecule has 0 unspecified atom stereocenters. The fourth-order valence-corrected chi connectivity index (χ4v) is 2.56. The highest BCUT2D eigenvalue weighted by Crippen LogP contribution is 2.31. The van der Waals surface area contributed by atoms with Gasteiger partial charge < -0.3 is 10.5 Å². The van der Waals surface area contributed by atoms with Gasteiger partial charge >= 0.3 is 0 Å². The summed E-state index contributed by atoms with van der Waals surface area (Å²) in [7, 11) is 0. The predicted octanol–water partition coefficient (Wildman–Crippen LogP) is 1.45. The first-order valence-corrected chi connectivity index (χ1v) is 5.72. The predicted molar refractivity (Wildman–Crippen MR) is 57.6 cm³/mol. The average Bonchev–Trinajstić information content (AvgIpc) is 2.61. The number of fused-ring (bicyclic) bond motifs is 1. The standard InChI is InChI=1S/C10H16N2OS/c1-10(2,6-11)9-12-7-3-4-13-5-8(7)14-9/h3-6,11H2,1-2H3. The molecule has 1 aliphatic rings. The summed E-state index contributed by atoms with van der Waals surface area (Å²) in [4.78, 5) is 5.94. The quantitative estimate of drug-likeness (QED) is 0.807. The monoisotopic (exact) mass is 212 g/mol. The zero-order valence-corrected chi connectivity index (χ0v) is 9.49. The summed E-state index contributed by atoms with van der Waals surface area (Å²) in [6.07, 6.45) is 0.951. The van der Waals surface area contributed by atoms with E-state index in [-0.39, 0.29) is 5.41 Å². The second kappa shape index (κ2) is 3.61. The van der Waals surface area contributed by atoms with Crippen molar-refractivity contribution in [2.75, 3.05) is 13.2 Å². The highest BCUT2D eigenvalue weighted by Gasteiger charge is 2.25. The zero-order chi connectivity index (χ0) is 10.2. The molecule has 0 aliphatic carbocycles. The fourth-order valence-electron chi connectivity index (χ4n) is 1.40. The van der Waals surface area contributed by atoms with E-state index in [0.29, 0.717) is 6.54 Å². The summed E-state index contributed by atoms with van der Waals surface area (Å²) in [5, 5.41) is 1.15. The van der Waals surface area contributed by atoms with Crippen LogP contribution in [0.4, 0.5) is 0 Å². The minimum absolute atomic E-state index is 0.00199. The molecular formula is C10H16N2OS. The van der Waals surface area contributed by atoms with Gasteiger partial charge in [0.1, 0.15) is 5.01 Å². The molecule has 0 fully saturated rings. The summed E-state index contributed by atoms with van der Waals surface area (Å²) < 4.78 is 5.39. The first-order valence-electron chi connectivity index (χ1n) is 4.90. The highest BCUT2D eigenvalue weighted by atomic mass is 32.1. The Hall–Kier alpha value is -0.450. The lowest BCUT2D eigenvalue weighted by molar-refractivity contribution is 0.112. The van der Waals surface area contributed by atoms with Crippen LogP contribution in [0.2, 0.25) is 0 Å². The summed E-state index contributed by atoms with van der Waals surface area (Å²) in [6.45, 7) is 6.45. The Labute approximate surface area is 88.3 Å². The molecule has 2 heterocycles. The van der Waals surface area contributed by atoms with Crippen LogP contribution in [0.1, 0.15) is 29.4 Å². The number of hydrogen-bond acceptors (Lipinski definition) is 4. The zero-order valence-electron chi connectivity index (χ0n) is 8.67. The number of thiazole rings is 1. The van der Waals surface area contributed by atoms with Crippen molar-refractivity contribution in [3.63, 3.8) is 0 Å². The molecule has 14 heavy (non-hydrogen) atoms. The van der Waals surface area contributed by atoms with E-state index < -0.39 is 0 Å². The van der Waals surface area contributed by atoms with E-state index in [2.05, 4.69) is 18.8 Å². The van der Waals surface area contributed by atoms with E-state index in [9.17, 15) is 0 Å². The topological polar surface area (TPSA) is 48.1 Å². The van der Waals surface area contributed by atoms with Crippen molar-refractivity contribution in [1.82, 2.24) is 4.98 Å². The van der Waals surface area contributed by atoms with Crippen molar-refractivity contribution in [3.05, 3.63) is 15.6 Å². The van der Waals surface area contributed by atoms with Crippen molar-refractivity contribution in [1.29, 1.82) is 0 Å². The molecule has 1 aliphatic heterocycles. The first kappa shape index (κ1) is 10.1. The van der Waals surface area contributed by atoms with Crippen molar-refractivity contribution in [2.24, 2.45) is 5.73 Å². The van der Waals surface area contributed by atoms with Crippen LogP contribution >= 0.6 is 11.3 Å². The molecule has 0 bridgehead atoms. The summed E-state index contributed by atoms with van der Waals surface area (Å²) in [5.41, 5.74) is 6.95. The van der Waals surface area contributed by atoms with Gasteiger partial charge in [-0.15, -0.1) is 11.3 Å². The highest BCUT2D eigenvalue weighted by molar-refractivity contribution is 7.11. The molecule has 2 N–H and O–H groups in total. The second-order valence-electron chi connectivity index (χ2n) is 4.28. The van der Waals surface area contributed by atoms with Crippen LogP contribution in [-0.2, 0) is 23.2 Å². The Bertz CT molecular complexity index is 309. The van der Waals surface area contributed by atoms with Gasteiger partial charge in [-0.2, -0.15) is 0 Å². The van der Waals surface area contributed by atoms with E-state index >= 15 is 0 Å². The molecule has 1 aromatic rings. The number of rotatable bonds is 2. The Morgan fingerprint density at radius 2 is 2.36 bits per heavy atom. The number of aromatic nitrogens is 1. The van der Waals surface area contributed by atoms with Crippen LogP contribution in [0.3, 0.4) is 0 Å². The Kier molecular flexibility index (Phi) is 2.60. The first-order chi connectivity index (χ1) is 6.63. The summed E-state index contributed by atoms with van der Waals surface area (Å²) >= 11 is 1.75. The van der Waals surface area contributed by atoms with Crippen molar-refractivity contribution in [3.8, 4) is 0 Å². The third kappa shape index (κ3) is 1.69. The second-order valence-corrected chi connectivity index (χ2v) is 5.36. The van der Waals surface area contributed by atoms with Crippen LogP contribution in [0.15, 0.2) is 0 Å². The molecular weight excluding hydrogens is 196 g/mol. The molecule has 3 nitrogen and oxygen atoms in total. The minimum atomic E-state index is 0.00199. The van der Waals surface area contributed by atoms with Gasteiger partial charge in [0.05, 0.1) is 23.8 Å². The lowest BCUT2D eigenvalue weighted by Gasteiger charge is -2.18. The van der Waals surface area contributed by atoms with E-state index in [4.69, 9.17) is 10.5 Å². The molecule has 4 heteroatoms. The lowest BCUT2D eigenvalue weighted by Crippen LogP contribution is -2.27. The van der Waals surface area contributed by atoms with Gasteiger partial charge in [0, 0.05) is 18.4 Å². The van der Waals surface area contributed by atoms with E-state index in [1.165, 1.54) is 10.6 Å². The molecule has 0 amide bonds. The largest absolute Gasteiger partial charge is 0.375 e. The van der Waals surface area contributed by atoms with E-state index in [1.807, 2.05) is 0 Å². The van der Waals surface area contributed by atoms with Gasteiger partial charge in [-0.1, -0.05) is 13.8 Å². The van der Waals surface area contributed by atoms with Gasteiger partial charge in [0.15, 0.2) is 0 Å². The lowest BCUT2D eigenvalue weighted by atomic mass is 9.95. The summed E-state index contributed by atoms with van der Waals surface area (Å²) in [5.74, 6) is 0. The number of ether oxygens (including phenoxy) is 1. The van der Waals surface area contributed by atoms with Gasteiger partial charge in [-0.25, -0.2) is 4.98 Å². The SMILES string of the molecule is CC(C)(CN)c1nc2c(s1)COCC2. The third-order valence-corrected chi connectivity index (χ3v) is 4.02. The average molecular weight is 212 g/mol. The normalized spacial score (nSPS) is 16.8. The third-order valence-electron chi connectivity index (χ3n) is 2.58.